The van der Waals surface area contributed by atoms with Crippen molar-refractivity contribution in [3.8, 4) is 0 Å². The number of aliphatic imine (C=N–C) groups is 1. The molecule has 2 aromatic heterocycles. The highest BCUT2D eigenvalue weighted by Gasteiger charge is 2.08. The Bertz CT molecular complexity index is 902. The summed E-state index contributed by atoms with van der Waals surface area (Å²) in [5.74, 6) is 0.875. The van der Waals surface area contributed by atoms with E-state index < -0.39 is 0 Å². The van der Waals surface area contributed by atoms with Gasteiger partial charge in [-0.05, 0) is 45.7 Å². The van der Waals surface area contributed by atoms with Crippen molar-refractivity contribution < 1.29 is 0 Å². The summed E-state index contributed by atoms with van der Waals surface area (Å²) in [4.78, 5) is 14.1. The van der Waals surface area contributed by atoms with E-state index in [2.05, 4.69) is 72.6 Å². The van der Waals surface area contributed by atoms with Crippen LogP contribution in [-0.2, 0) is 12.8 Å². The number of nitrogens with one attached hydrogen (secondary N) is 3. The van der Waals surface area contributed by atoms with Crippen LogP contribution >= 0.6 is 11.3 Å². The summed E-state index contributed by atoms with van der Waals surface area (Å²) in [6.45, 7) is 10.9. The number of aryl methyl sites for hydroxylation is 3. The maximum Gasteiger partial charge on any atom is 0.191 e. The molecule has 0 saturated heterocycles. The molecule has 0 atom stereocenters. The van der Waals surface area contributed by atoms with E-state index in [0.717, 1.165) is 44.1 Å². The molecule has 0 aliphatic rings. The third kappa shape index (κ3) is 4.89. The minimum Gasteiger partial charge on any atom is -0.358 e. The van der Waals surface area contributed by atoms with Gasteiger partial charge in [-0.25, -0.2) is 4.98 Å². The molecule has 0 fully saturated rings. The van der Waals surface area contributed by atoms with Gasteiger partial charge < -0.3 is 15.6 Å². The van der Waals surface area contributed by atoms with Crippen molar-refractivity contribution in [1.82, 2.24) is 20.6 Å². The normalized spacial score (nSPS) is 11.9. The molecule has 27 heavy (non-hydrogen) atoms. The zero-order valence-corrected chi connectivity index (χ0v) is 17.5. The lowest BCUT2D eigenvalue weighted by Gasteiger charge is -2.11. The number of aromatic amines is 1. The van der Waals surface area contributed by atoms with Crippen molar-refractivity contribution in [3.63, 3.8) is 0 Å². The first-order valence-electron chi connectivity index (χ1n) is 9.59. The van der Waals surface area contributed by atoms with Crippen molar-refractivity contribution in [2.75, 3.05) is 19.6 Å². The molecule has 1 aromatic carbocycles. The van der Waals surface area contributed by atoms with Crippen LogP contribution in [0.3, 0.4) is 0 Å². The molecule has 0 bridgehead atoms. The maximum atomic E-state index is 4.70. The highest BCUT2D eigenvalue weighted by molar-refractivity contribution is 7.11. The predicted octanol–water partition coefficient (Wildman–Crippen LogP) is 3.89. The molecule has 0 spiro atoms. The first-order chi connectivity index (χ1) is 13.1. The molecule has 0 amide bonds. The zero-order chi connectivity index (χ0) is 19.2. The molecule has 2 heterocycles. The van der Waals surface area contributed by atoms with E-state index >= 15 is 0 Å². The molecular weight excluding hydrogens is 354 g/mol. The Morgan fingerprint density at radius 1 is 1.15 bits per heavy atom. The van der Waals surface area contributed by atoms with E-state index in [4.69, 9.17) is 4.99 Å². The maximum absolute atomic E-state index is 4.70. The number of fused-ring (bicyclic) bond motifs is 1. The van der Waals surface area contributed by atoms with Gasteiger partial charge in [0.15, 0.2) is 5.96 Å². The topological polar surface area (TPSA) is 65.1 Å². The largest absolute Gasteiger partial charge is 0.358 e. The average molecular weight is 384 g/mol. The van der Waals surface area contributed by atoms with E-state index in [0.29, 0.717) is 0 Å². The van der Waals surface area contributed by atoms with Crippen molar-refractivity contribution in [1.29, 1.82) is 0 Å². The SMILES string of the molecule is CCNC(=NCCc1nc(C)c(C)s1)NCCc1c(C)[nH]c2ccccc12. The van der Waals surface area contributed by atoms with Gasteiger partial charge in [0.25, 0.3) is 0 Å². The van der Waals surface area contributed by atoms with Gasteiger partial charge in [0, 0.05) is 47.5 Å². The molecule has 0 aliphatic carbocycles. The molecular formula is C21H29N5S. The minimum atomic E-state index is 0.744. The van der Waals surface area contributed by atoms with Crippen LogP contribution in [0.1, 0.15) is 33.8 Å². The fourth-order valence-electron chi connectivity index (χ4n) is 3.21. The zero-order valence-electron chi connectivity index (χ0n) is 16.6. The molecule has 6 heteroatoms. The van der Waals surface area contributed by atoms with Crippen LogP contribution in [0.5, 0.6) is 0 Å². The second-order valence-electron chi connectivity index (χ2n) is 6.71. The molecule has 0 radical (unpaired) electrons. The number of hydrogen-bond donors (Lipinski definition) is 3. The Hall–Kier alpha value is -2.34. The fourth-order valence-corrected chi connectivity index (χ4v) is 4.14. The number of thiazole rings is 1. The number of para-hydroxylation sites is 1. The minimum absolute atomic E-state index is 0.744. The summed E-state index contributed by atoms with van der Waals surface area (Å²) in [6, 6.07) is 8.49. The van der Waals surface area contributed by atoms with E-state index in [1.54, 1.807) is 11.3 Å². The number of hydrogen-bond acceptors (Lipinski definition) is 3. The summed E-state index contributed by atoms with van der Waals surface area (Å²) >= 11 is 1.77. The Balaban J connectivity index is 1.56. The summed E-state index contributed by atoms with van der Waals surface area (Å²) in [7, 11) is 0. The highest BCUT2D eigenvalue weighted by Crippen LogP contribution is 2.22. The molecule has 0 saturated carbocycles. The van der Waals surface area contributed by atoms with Crippen molar-refractivity contribution in [3.05, 3.63) is 51.1 Å². The standard InChI is InChI=1S/C21H29N5S/c1-5-22-21(24-13-11-20-26-14(2)16(4)27-20)23-12-10-17-15(3)25-19-9-7-6-8-18(17)19/h6-9,25H,5,10-13H2,1-4H3,(H2,22,23,24). The van der Waals surface area contributed by atoms with Crippen LogP contribution in [0, 0.1) is 20.8 Å². The molecule has 3 aromatic rings. The van der Waals surface area contributed by atoms with Crippen molar-refractivity contribution >= 4 is 28.2 Å². The van der Waals surface area contributed by atoms with E-state index in [1.165, 1.54) is 32.0 Å². The van der Waals surface area contributed by atoms with E-state index in [9.17, 15) is 0 Å². The van der Waals surface area contributed by atoms with Gasteiger partial charge in [0.2, 0.25) is 0 Å². The smallest absolute Gasteiger partial charge is 0.191 e. The monoisotopic (exact) mass is 383 g/mol. The molecule has 0 aliphatic heterocycles. The molecule has 3 N–H and O–H groups in total. The number of H-pyrrole nitrogens is 1. The first kappa shape index (κ1) is 19.4. The fraction of sp³-hybridized carbons (Fsp3) is 0.429. The molecule has 5 nitrogen and oxygen atoms in total. The van der Waals surface area contributed by atoms with Gasteiger partial charge in [0.1, 0.15) is 0 Å². The average Bonchev–Trinajstić information content (AvgIpc) is 3.13. The number of guanidine groups is 1. The van der Waals surface area contributed by atoms with Gasteiger partial charge in [-0.3, -0.25) is 4.99 Å². The third-order valence-corrected chi connectivity index (χ3v) is 5.84. The molecule has 3 rings (SSSR count). The quantitative estimate of drug-likeness (QED) is 0.428. The van der Waals surface area contributed by atoms with Crippen LogP contribution in [0.25, 0.3) is 10.9 Å². The van der Waals surface area contributed by atoms with E-state index in [1.807, 2.05) is 0 Å². The summed E-state index contributed by atoms with van der Waals surface area (Å²) < 4.78 is 0. The highest BCUT2D eigenvalue weighted by atomic mass is 32.1. The van der Waals surface area contributed by atoms with Crippen LogP contribution in [0.4, 0.5) is 0 Å². The predicted molar refractivity (Wildman–Crippen MR) is 116 cm³/mol. The third-order valence-electron chi connectivity index (χ3n) is 4.71. The van der Waals surface area contributed by atoms with Crippen LogP contribution in [0.15, 0.2) is 29.3 Å². The van der Waals surface area contributed by atoms with Gasteiger partial charge in [-0.2, -0.15) is 0 Å². The van der Waals surface area contributed by atoms with Crippen molar-refractivity contribution in [2.45, 2.75) is 40.5 Å². The number of nitrogens with zero attached hydrogens (tertiary/aromatic N) is 2. The first-order valence-corrected chi connectivity index (χ1v) is 10.4. The lowest BCUT2D eigenvalue weighted by Crippen LogP contribution is -2.38. The number of rotatable bonds is 7. The number of benzene rings is 1. The van der Waals surface area contributed by atoms with Crippen LogP contribution < -0.4 is 10.6 Å². The van der Waals surface area contributed by atoms with Crippen LogP contribution in [0.2, 0.25) is 0 Å². The van der Waals surface area contributed by atoms with Crippen LogP contribution in [-0.4, -0.2) is 35.6 Å². The van der Waals surface area contributed by atoms with Gasteiger partial charge >= 0.3 is 0 Å². The summed E-state index contributed by atoms with van der Waals surface area (Å²) in [5.41, 5.74) is 4.97. The summed E-state index contributed by atoms with van der Waals surface area (Å²) in [6.07, 6.45) is 1.85. The molecule has 0 unspecified atom stereocenters. The Labute approximate surface area is 165 Å². The van der Waals surface area contributed by atoms with Gasteiger partial charge in [0.05, 0.1) is 10.7 Å². The Kier molecular flexibility index (Phi) is 6.50. The second kappa shape index (κ2) is 9.04. The summed E-state index contributed by atoms with van der Waals surface area (Å²) in [5, 5.41) is 9.27. The molecule has 144 valence electrons. The number of aromatic nitrogens is 2. The second-order valence-corrected chi connectivity index (χ2v) is 8.00. The van der Waals surface area contributed by atoms with E-state index in [-0.39, 0.29) is 0 Å². The van der Waals surface area contributed by atoms with Crippen molar-refractivity contribution in [2.24, 2.45) is 4.99 Å². The lowest BCUT2D eigenvalue weighted by atomic mass is 10.1. The lowest BCUT2D eigenvalue weighted by molar-refractivity contribution is 0.795. The Morgan fingerprint density at radius 2 is 1.96 bits per heavy atom. The van der Waals surface area contributed by atoms with Gasteiger partial charge in [-0.1, -0.05) is 18.2 Å². The Morgan fingerprint density at radius 3 is 2.70 bits per heavy atom. The van der Waals surface area contributed by atoms with Gasteiger partial charge in [-0.15, -0.1) is 11.3 Å².